The average Bonchev–Trinajstić information content (AvgIpc) is 3.07. The standard InChI is InChI=1S/C17H12ClF3N2O3S/c1-10-2-3-11(14-9-16(26-22-14)17(19,20)21)8-15(10)27(24,25)23-13-6-4-12(18)5-7-13/h2-9,23H,1H3. The van der Waals surface area contributed by atoms with Gasteiger partial charge in [-0.2, -0.15) is 13.2 Å². The third kappa shape index (κ3) is 4.25. The number of anilines is 1. The van der Waals surface area contributed by atoms with Gasteiger partial charge in [-0.05, 0) is 42.8 Å². The van der Waals surface area contributed by atoms with Crippen molar-refractivity contribution in [3.05, 3.63) is 64.9 Å². The fourth-order valence-corrected chi connectivity index (χ4v) is 3.78. The number of aryl methyl sites for hydroxylation is 1. The van der Waals surface area contributed by atoms with Crippen molar-refractivity contribution in [3.8, 4) is 11.3 Å². The van der Waals surface area contributed by atoms with E-state index in [0.29, 0.717) is 22.3 Å². The molecule has 142 valence electrons. The largest absolute Gasteiger partial charge is 0.452 e. The second-order valence-corrected chi connectivity index (χ2v) is 7.75. The van der Waals surface area contributed by atoms with Crippen LogP contribution in [0.5, 0.6) is 0 Å². The van der Waals surface area contributed by atoms with Gasteiger partial charge in [0.25, 0.3) is 10.0 Å². The third-order valence-electron chi connectivity index (χ3n) is 3.66. The van der Waals surface area contributed by atoms with Gasteiger partial charge in [0.15, 0.2) is 0 Å². The third-order valence-corrected chi connectivity index (χ3v) is 5.43. The summed E-state index contributed by atoms with van der Waals surface area (Å²) in [5.74, 6) is -1.26. The van der Waals surface area contributed by atoms with Crippen LogP contribution in [0.3, 0.4) is 0 Å². The van der Waals surface area contributed by atoms with Crippen LogP contribution in [-0.4, -0.2) is 13.6 Å². The maximum atomic E-state index is 12.7. The second-order valence-electron chi connectivity index (χ2n) is 5.67. The van der Waals surface area contributed by atoms with E-state index in [0.717, 1.165) is 0 Å². The van der Waals surface area contributed by atoms with Crippen LogP contribution in [0.25, 0.3) is 11.3 Å². The fourth-order valence-electron chi connectivity index (χ4n) is 2.32. The number of benzene rings is 2. The molecule has 2 aromatic carbocycles. The summed E-state index contributed by atoms with van der Waals surface area (Å²) < 4.78 is 70.1. The van der Waals surface area contributed by atoms with Gasteiger partial charge >= 0.3 is 6.18 Å². The molecule has 0 fully saturated rings. The van der Waals surface area contributed by atoms with Gasteiger partial charge in [0.05, 0.1) is 4.90 Å². The Kier molecular flexibility index (Phi) is 4.92. The highest BCUT2D eigenvalue weighted by atomic mass is 35.5. The van der Waals surface area contributed by atoms with Gasteiger partial charge in [-0.1, -0.05) is 28.9 Å². The molecule has 1 heterocycles. The topological polar surface area (TPSA) is 72.2 Å². The van der Waals surface area contributed by atoms with Crippen LogP contribution in [-0.2, 0) is 16.2 Å². The summed E-state index contributed by atoms with van der Waals surface area (Å²) >= 11 is 5.77. The molecule has 0 atom stereocenters. The second kappa shape index (κ2) is 6.90. The quantitative estimate of drug-likeness (QED) is 0.640. The number of rotatable bonds is 4. The van der Waals surface area contributed by atoms with E-state index in [4.69, 9.17) is 11.6 Å². The van der Waals surface area contributed by atoms with Crippen molar-refractivity contribution in [1.82, 2.24) is 5.16 Å². The zero-order valence-corrected chi connectivity index (χ0v) is 15.3. The lowest BCUT2D eigenvalue weighted by atomic mass is 10.1. The van der Waals surface area contributed by atoms with Crippen LogP contribution >= 0.6 is 11.6 Å². The summed E-state index contributed by atoms with van der Waals surface area (Å²) in [5, 5.41) is 3.82. The zero-order chi connectivity index (χ0) is 19.8. The normalized spacial score (nSPS) is 12.2. The summed E-state index contributed by atoms with van der Waals surface area (Å²) in [5.41, 5.74) is 0.770. The van der Waals surface area contributed by atoms with Crippen molar-refractivity contribution in [3.63, 3.8) is 0 Å². The van der Waals surface area contributed by atoms with E-state index in [1.54, 1.807) is 6.92 Å². The lowest BCUT2D eigenvalue weighted by Crippen LogP contribution is -2.14. The molecular weight excluding hydrogens is 405 g/mol. The maximum Gasteiger partial charge on any atom is 0.452 e. The Morgan fingerprint density at radius 2 is 1.74 bits per heavy atom. The van der Waals surface area contributed by atoms with Crippen molar-refractivity contribution in [2.45, 2.75) is 18.0 Å². The lowest BCUT2D eigenvalue weighted by Gasteiger charge is -2.11. The molecule has 5 nitrogen and oxygen atoms in total. The number of alkyl halides is 3. The molecule has 0 saturated carbocycles. The van der Waals surface area contributed by atoms with Crippen LogP contribution in [0.2, 0.25) is 5.02 Å². The van der Waals surface area contributed by atoms with Crippen molar-refractivity contribution >= 4 is 27.3 Å². The van der Waals surface area contributed by atoms with Crippen LogP contribution in [0.1, 0.15) is 11.3 Å². The molecule has 10 heteroatoms. The van der Waals surface area contributed by atoms with E-state index in [1.807, 2.05) is 0 Å². The van der Waals surface area contributed by atoms with Gasteiger partial charge < -0.3 is 4.52 Å². The lowest BCUT2D eigenvalue weighted by molar-refractivity contribution is -0.155. The molecule has 0 aliphatic heterocycles. The Balaban J connectivity index is 1.97. The first-order valence-corrected chi connectivity index (χ1v) is 9.36. The fraction of sp³-hybridized carbons (Fsp3) is 0.118. The van der Waals surface area contributed by atoms with Crippen molar-refractivity contribution < 1.29 is 26.1 Å². The van der Waals surface area contributed by atoms with Crippen molar-refractivity contribution in [2.75, 3.05) is 4.72 Å². The maximum absolute atomic E-state index is 12.7. The monoisotopic (exact) mass is 416 g/mol. The van der Waals surface area contributed by atoms with Gasteiger partial charge in [0.2, 0.25) is 5.76 Å². The first-order valence-electron chi connectivity index (χ1n) is 7.49. The Morgan fingerprint density at radius 1 is 1.07 bits per heavy atom. The molecule has 0 aliphatic carbocycles. The summed E-state index contributed by atoms with van der Waals surface area (Å²) in [6, 6.07) is 10.9. The van der Waals surface area contributed by atoms with Gasteiger partial charge in [0, 0.05) is 22.3 Å². The predicted molar refractivity (Wildman–Crippen MR) is 93.9 cm³/mol. The smallest absolute Gasteiger partial charge is 0.351 e. The number of nitrogens with one attached hydrogen (secondary N) is 1. The van der Waals surface area contributed by atoms with Crippen molar-refractivity contribution in [2.24, 2.45) is 0 Å². The molecule has 0 spiro atoms. The van der Waals surface area contributed by atoms with E-state index in [-0.39, 0.29) is 16.2 Å². The Morgan fingerprint density at radius 3 is 2.33 bits per heavy atom. The molecule has 0 radical (unpaired) electrons. The minimum Gasteiger partial charge on any atom is -0.351 e. The summed E-state index contributed by atoms with van der Waals surface area (Å²) in [7, 11) is -3.98. The molecule has 1 aromatic heterocycles. The van der Waals surface area contributed by atoms with Gasteiger partial charge in [-0.25, -0.2) is 8.42 Å². The Hall–Kier alpha value is -2.52. The number of hydrogen-bond donors (Lipinski definition) is 1. The molecule has 3 rings (SSSR count). The molecule has 1 N–H and O–H groups in total. The van der Waals surface area contributed by atoms with E-state index in [9.17, 15) is 21.6 Å². The van der Waals surface area contributed by atoms with E-state index < -0.39 is 22.0 Å². The highest BCUT2D eigenvalue weighted by Crippen LogP contribution is 2.33. The van der Waals surface area contributed by atoms with Crippen LogP contribution in [0.15, 0.2) is 57.9 Å². The minimum atomic E-state index is -4.68. The van der Waals surface area contributed by atoms with E-state index in [1.165, 1.54) is 42.5 Å². The number of hydrogen-bond acceptors (Lipinski definition) is 4. The highest BCUT2D eigenvalue weighted by Gasteiger charge is 2.36. The average molecular weight is 417 g/mol. The van der Waals surface area contributed by atoms with E-state index >= 15 is 0 Å². The van der Waals surface area contributed by atoms with Gasteiger partial charge in [0.1, 0.15) is 5.69 Å². The molecule has 0 saturated heterocycles. The van der Waals surface area contributed by atoms with Gasteiger partial charge in [-0.3, -0.25) is 4.72 Å². The SMILES string of the molecule is Cc1ccc(-c2cc(C(F)(F)F)on2)cc1S(=O)(=O)Nc1ccc(Cl)cc1. The summed E-state index contributed by atoms with van der Waals surface area (Å²) in [6.45, 7) is 1.57. The molecule has 0 amide bonds. The van der Waals surface area contributed by atoms with Crippen LogP contribution in [0.4, 0.5) is 18.9 Å². The van der Waals surface area contributed by atoms with Crippen molar-refractivity contribution in [1.29, 1.82) is 0 Å². The number of halogens is 4. The first-order chi connectivity index (χ1) is 12.6. The zero-order valence-electron chi connectivity index (χ0n) is 13.7. The van der Waals surface area contributed by atoms with E-state index in [2.05, 4.69) is 14.4 Å². The molecule has 27 heavy (non-hydrogen) atoms. The molecule has 0 aliphatic rings. The number of nitrogens with zero attached hydrogens (tertiary/aromatic N) is 1. The number of sulfonamides is 1. The first kappa shape index (κ1) is 19.2. The Bertz CT molecular complexity index is 1080. The molecule has 0 unspecified atom stereocenters. The van der Waals surface area contributed by atoms with Crippen LogP contribution < -0.4 is 4.72 Å². The van der Waals surface area contributed by atoms with Crippen LogP contribution in [0, 0.1) is 6.92 Å². The predicted octanol–water partition coefficient (Wildman–Crippen LogP) is 5.12. The molecule has 3 aromatic rings. The number of aromatic nitrogens is 1. The summed E-state index contributed by atoms with van der Waals surface area (Å²) in [4.78, 5) is -0.0912. The Labute approximate surface area is 157 Å². The summed E-state index contributed by atoms with van der Waals surface area (Å²) in [6.07, 6.45) is -4.68. The minimum absolute atomic E-state index is 0.0912. The highest BCUT2D eigenvalue weighted by molar-refractivity contribution is 7.92. The molecular formula is C17H12ClF3N2O3S. The van der Waals surface area contributed by atoms with Gasteiger partial charge in [-0.15, -0.1) is 0 Å². The molecule has 0 bridgehead atoms.